The Morgan fingerprint density at radius 1 is 0.298 bits per heavy atom. The minimum atomic E-state index is -0.611. The Labute approximate surface area is 300 Å². The number of benzene rings is 4. The topological polar surface area (TPSA) is 98.0 Å². The van der Waals surface area contributed by atoms with Crippen LogP contribution in [0.1, 0.15) is 55.4 Å². The van der Waals surface area contributed by atoms with Crippen molar-refractivity contribution in [3.63, 3.8) is 0 Å². The van der Waals surface area contributed by atoms with E-state index >= 15 is 0 Å². The van der Waals surface area contributed by atoms with E-state index in [1.54, 1.807) is 24.3 Å². The molecule has 0 spiro atoms. The average Bonchev–Trinajstić information content (AvgIpc) is 3.21. The second-order valence-corrected chi connectivity index (χ2v) is 8.07. The first-order valence-corrected chi connectivity index (χ1v) is 19.2. The summed E-state index contributed by atoms with van der Waals surface area (Å²) in [6, 6.07) is 48.0. The van der Waals surface area contributed by atoms with Crippen LogP contribution in [-0.4, -0.2) is 78.1 Å². The van der Waals surface area contributed by atoms with Crippen LogP contribution in [0.25, 0.3) is 0 Å². The molecule has 0 aliphatic carbocycles. The minimum Gasteiger partial charge on any atom is -0.400 e. The highest BCUT2D eigenvalue weighted by Gasteiger charge is 1.60. The molecule has 4 rings (SSSR count). The number of hydrogen-bond acceptors (Lipinski definition) is 6. The number of aliphatic hydroxyl groups is 4. The predicted octanol–water partition coefficient (Wildman–Crippen LogP) is 10.3. The van der Waals surface area contributed by atoms with Gasteiger partial charge in [-0.3, -0.25) is 4.21 Å². The van der Waals surface area contributed by atoms with Gasteiger partial charge in [-0.25, -0.2) is 0 Å². The molecule has 0 bridgehead atoms. The lowest BCUT2D eigenvalue weighted by molar-refractivity contribution is 0.399. The van der Waals surface area contributed by atoms with Gasteiger partial charge in [0.05, 0.1) is 0 Å². The molecule has 0 fully saturated rings. The Bertz CT molecular complexity index is 545. The van der Waals surface area contributed by atoms with Gasteiger partial charge in [0.2, 0.25) is 0 Å². The Balaban J connectivity index is -0.0000000406. The van der Waals surface area contributed by atoms with Gasteiger partial charge >= 0.3 is 0 Å². The average molecular weight is 701 g/mol. The molecule has 0 radical (unpaired) electrons. The molecule has 0 amide bonds. The van der Waals surface area contributed by atoms with Gasteiger partial charge in [-0.2, -0.15) is 11.8 Å². The normalized spacial score (nSPS) is 6.23. The molecule has 4 aromatic carbocycles. The van der Waals surface area contributed by atoms with Crippen LogP contribution in [0, 0.1) is 0 Å². The van der Waals surface area contributed by atoms with Crippen molar-refractivity contribution in [1.82, 2.24) is 0 Å². The number of hydrogen-bond donors (Lipinski definition) is 4. The first-order valence-electron chi connectivity index (χ1n) is 15.6. The van der Waals surface area contributed by atoms with Gasteiger partial charge in [0.25, 0.3) is 0 Å². The van der Waals surface area contributed by atoms with Crippen LogP contribution < -0.4 is 0 Å². The van der Waals surface area contributed by atoms with Crippen molar-refractivity contribution in [3.8, 4) is 0 Å². The van der Waals surface area contributed by atoms with Crippen LogP contribution in [-0.2, 0) is 10.8 Å². The van der Waals surface area contributed by atoms with E-state index in [2.05, 4.69) is 0 Å². The van der Waals surface area contributed by atoms with Crippen LogP contribution in [0.2, 0.25) is 0 Å². The Hall–Kier alpha value is -2.78. The fourth-order valence-corrected chi connectivity index (χ4v) is 1.54. The largest absolute Gasteiger partial charge is 0.400 e. The van der Waals surface area contributed by atoms with Crippen molar-refractivity contribution >= 4 is 22.6 Å². The maximum Gasteiger partial charge on any atom is 0.0319 e. The van der Waals surface area contributed by atoms with Crippen LogP contribution in [0.15, 0.2) is 146 Å². The summed E-state index contributed by atoms with van der Waals surface area (Å²) >= 11 is 1.75. The fraction of sp³-hybridized carbons (Fsp3) is 0.400. The summed E-state index contributed by atoms with van der Waals surface area (Å²) in [7, 11) is 3.39. The van der Waals surface area contributed by atoms with Crippen LogP contribution in [0.4, 0.5) is 0 Å². The van der Waals surface area contributed by atoms with Crippen molar-refractivity contribution in [3.05, 3.63) is 146 Å². The summed E-state index contributed by atoms with van der Waals surface area (Å²) in [4.78, 5) is 0. The molecule has 0 aliphatic heterocycles. The quantitative estimate of drug-likeness (QED) is 0.146. The van der Waals surface area contributed by atoms with E-state index in [1.165, 1.54) is 0 Å². The SMILES string of the molecule is CC.CC.CC.CC.CO.CO.CO.CO.CS(C)=O.CSC.c1ccccc1.c1ccccc1.c1ccccc1.c1ccccc1. The lowest BCUT2D eigenvalue weighted by atomic mass is 10.4. The molecule has 0 saturated carbocycles. The summed E-state index contributed by atoms with van der Waals surface area (Å²) in [5, 5.41) is 28.0. The molecule has 0 saturated heterocycles. The van der Waals surface area contributed by atoms with E-state index in [1.807, 2.05) is 213 Å². The first-order chi connectivity index (χ1) is 23.1. The van der Waals surface area contributed by atoms with Crippen LogP contribution in [0.5, 0.6) is 0 Å². The molecule has 0 aliphatic rings. The molecule has 4 N–H and O–H groups in total. The highest BCUT2D eigenvalue weighted by atomic mass is 32.2. The summed E-state index contributed by atoms with van der Waals surface area (Å²) < 4.78 is 9.56. The van der Waals surface area contributed by atoms with Crippen molar-refractivity contribution in [2.45, 2.75) is 55.4 Å². The van der Waals surface area contributed by atoms with E-state index in [-0.39, 0.29) is 0 Å². The Morgan fingerprint density at radius 2 is 0.319 bits per heavy atom. The molecular weight excluding hydrogens is 625 g/mol. The zero-order chi connectivity index (χ0) is 39.3. The third kappa shape index (κ3) is 163. The van der Waals surface area contributed by atoms with Crippen molar-refractivity contribution in [2.24, 2.45) is 0 Å². The van der Waals surface area contributed by atoms with Crippen molar-refractivity contribution < 1.29 is 24.6 Å². The summed E-state index contributed by atoms with van der Waals surface area (Å²) in [6.07, 6.45) is 7.36. The fourth-order valence-electron chi connectivity index (χ4n) is 1.54. The van der Waals surface area contributed by atoms with Gasteiger partial charge in [-0.1, -0.05) is 201 Å². The highest BCUT2D eigenvalue weighted by molar-refractivity contribution is 7.97. The Kier molecular flexibility index (Phi) is 182. The monoisotopic (exact) mass is 701 g/mol. The third-order valence-electron chi connectivity index (χ3n) is 2.67. The number of aliphatic hydroxyl groups excluding tert-OH is 4. The third-order valence-corrected chi connectivity index (χ3v) is 2.67. The minimum absolute atomic E-state index is 0.611. The van der Waals surface area contributed by atoms with Gasteiger partial charge < -0.3 is 20.4 Å². The summed E-state index contributed by atoms with van der Waals surface area (Å²) in [5.74, 6) is 0. The van der Waals surface area contributed by atoms with E-state index in [0.29, 0.717) is 0 Å². The van der Waals surface area contributed by atoms with Gasteiger partial charge in [0, 0.05) is 51.8 Å². The molecule has 4 aromatic rings. The second kappa shape index (κ2) is 121. The van der Waals surface area contributed by atoms with Gasteiger partial charge in [-0.15, -0.1) is 0 Å². The van der Waals surface area contributed by atoms with E-state index in [4.69, 9.17) is 20.4 Å². The van der Waals surface area contributed by atoms with E-state index in [0.717, 1.165) is 28.4 Å². The highest BCUT2D eigenvalue weighted by Crippen LogP contribution is 1.81. The number of rotatable bonds is 0. The zero-order valence-corrected chi connectivity index (χ0v) is 34.5. The van der Waals surface area contributed by atoms with Gasteiger partial charge in [0.1, 0.15) is 0 Å². The summed E-state index contributed by atoms with van der Waals surface area (Å²) in [5.41, 5.74) is 0. The molecule has 278 valence electrons. The van der Waals surface area contributed by atoms with Crippen LogP contribution in [0.3, 0.4) is 0 Å². The van der Waals surface area contributed by atoms with E-state index in [9.17, 15) is 4.21 Å². The molecule has 7 heteroatoms. The smallest absolute Gasteiger partial charge is 0.0319 e. The van der Waals surface area contributed by atoms with Gasteiger partial charge in [-0.05, 0) is 12.5 Å². The Morgan fingerprint density at radius 3 is 0.340 bits per heavy atom. The molecule has 5 nitrogen and oxygen atoms in total. The standard InChI is InChI=1S/4C6H6.C2H6OS.C2H6S.4C2H6.4CH4O/c4*1-2-4-6-5-3-1;1-4(2)3;1-3-2;8*1-2/h4*1-6H;1-2H3;1-2H3;4*1-2H3;4*2H,1H3. The molecule has 0 heterocycles. The molecule has 0 atom stereocenters. The number of thioether (sulfide) groups is 1. The second-order valence-electron chi connectivity index (χ2n) is 5.77. The lowest BCUT2D eigenvalue weighted by Gasteiger charge is -1.69. The first kappa shape index (κ1) is 70.5. The molecule has 47 heavy (non-hydrogen) atoms. The molecular formula is C40H76O5S2. The predicted molar refractivity (Wildman–Crippen MR) is 223 cm³/mol. The maximum absolute atomic E-state index is 9.56. The van der Waals surface area contributed by atoms with Crippen molar-refractivity contribution in [1.29, 1.82) is 0 Å². The molecule has 0 aromatic heterocycles. The van der Waals surface area contributed by atoms with Crippen LogP contribution >= 0.6 is 11.8 Å². The zero-order valence-electron chi connectivity index (χ0n) is 32.9. The molecule has 0 unspecified atom stereocenters. The maximum atomic E-state index is 9.56. The lowest BCUT2D eigenvalue weighted by Crippen LogP contribution is -1.70. The van der Waals surface area contributed by atoms with E-state index < -0.39 is 10.8 Å². The van der Waals surface area contributed by atoms with Gasteiger partial charge in [0.15, 0.2) is 0 Å². The summed E-state index contributed by atoms with van der Waals surface area (Å²) in [6.45, 7) is 16.0. The van der Waals surface area contributed by atoms with Crippen molar-refractivity contribution in [2.75, 3.05) is 53.5 Å².